The molecule has 1 N–H and O–H groups in total. The molecular weight excluding hydrogens is 472 g/mol. The van der Waals surface area contributed by atoms with Crippen LogP contribution in [-0.2, 0) is 6.54 Å². The van der Waals surface area contributed by atoms with Crippen molar-refractivity contribution in [2.24, 2.45) is 0 Å². The summed E-state index contributed by atoms with van der Waals surface area (Å²) < 4.78 is 11.1. The number of allylic oxidation sites excluding steroid dienone is 1. The van der Waals surface area contributed by atoms with E-state index in [0.29, 0.717) is 34.7 Å². The minimum Gasteiger partial charge on any atom is -0.497 e. The summed E-state index contributed by atoms with van der Waals surface area (Å²) in [5.41, 5.74) is 3.10. The molecule has 0 saturated heterocycles. The Morgan fingerprint density at radius 1 is 1.18 bits per heavy atom. The summed E-state index contributed by atoms with van der Waals surface area (Å²) in [5.74, 6) is 1.54. The number of benzene rings is 2. The molecule has 7 nitrogen and oxygen atoms in total. The summed E-state index contributed by atoms with van der Waals surface area (Å²) in [6.07, 6.45) is 0. The molecule has 1 aliphatic heterocycles. The van der Waals surface area contributed by atoms with Crippen LogP contribution in [-0.4, -0.2) is 28.2 Å². The van der Waals surface area contributed by atoms with Crippen molar-refractivity contribution in [3.05, 3.63) is 93.8 Å². The normalized spacial score (nSPS) is 16.0. The molecule has 172 valence electrons. The number of carbonyl (C=O) groups is 1. The maximum absolute atomic E-state index is 13.3. The first-order valence-corrected chi connectivity index (χ1v) is 11.8. The van der Waals surface area contributed by atoms with E-state index in [2.05, 4.69) is 15.5 Å². The van der Waals surface area contributed by atoms with Crippen molar-refractivity contribution in [2.75, 3.05) is 7.11 Å². The van der Waals surface area contributed by atoms with Crippen molar-refractivity contribution in [1.82, 2.24) is 20.4 Å². The minimum absolute atomic E-state index is 0.244. The fourth-order valence-corrected chi connectivity index (χ4v) is 4.80. The van der Waals surface area contributed by atoms with Gasteiger partial charge in [-0.15, -0.1) is 11.3 Å². The van der Waals surface area contributed by atoms with Gasteiger partial charge in [0, 0.05) is 10.7 Å². The van der Waals surface area contributed by atoms with E-state index in [1.54, 1.807) is 12.0 Å². The Balaban J connectivity index is 1.62. The molecule has 2 aromatic heterocycles. The Labute approximate surface area is 205 Å². The lowest BCUT2D eigenvalue weighted by Crippen LogP contribution is -2.45. The van der Waals surface area contributed by atoms with Crippen LogP contribution in [0.5, 0.6) is 5.75 Å². The van der Waals surface area contributed by atoms with Crippen molar-refractivity contribution >= 4 is 34.5 Å². The number of methoxy groups -OCH3 is 1. The molecule has 1 atom stereocenters. The van der Waals surface area contributed by atoms with E-state index in [9.17, 15) is 4.79 Å². The largest absolute Gasteiger partial charge is 0.497 e. The molecule has 1 unspecified atom stereocenters. The SMILES string of the molecule is COc1cccc(C2NC(=O)N(Cc3ccccc3Cl)C(C)=C2c2nc(-c3cccs3)no2)c1. The van der Waals surface area contributed by atoms with Crippen LogP contribution in [0.25, 0.3) is 16.3 Å². The molecule has 4 aromatic rings. The molecule has 2 amide bonds. The number of aromatic nitrogens is 2. The number of rotatable bonds is 6. The van der Waals surface area contributed by atoms with E-state index >= 15 is 0 Å². The summed E-state index contributed by atoms with van der Waals surface area (Å²) >= 11 is 7.91. The predicted octanol–water partition coefficient (Wildman–Crippen LogP) is 6.16. The Morgan fingerprint density at radius 3 is 2.79 bits per heavy atom. The van der Waals surface area contributed by atoms with Gasteiger partial charge in [0.25, 0.3) is 5.89 Å². The third-order valence-electron chi connectivity index (χ3n) is 5.71. The van der Waals surface area contributed by atoms with Crippen molar-refractivity contribution in [3.63, 3.8) is 0 Å². The monoisotopic (exact) mass is 492 g/mol. The maximum atomic E-state index is 13.3. The van der Waals surface area contributed by atoms with Crippen LogP contribution in [0.1, 0.15) is 30.0 Å². The topological polar surface area (TPSA) is 80.5 Å². The summed E-state index contributed by atoms with van der Waals surface area (Å²) in [5, 5.41) is 9.84. The van der Waals surface area contributed by atoms with Gasteiger partial charge < -0.3 is 14.6 Å². The number of thiophene rings is 1. The van der Waals surface area contributed by atoms with Gasteiger partial charge in [-0.25, -0.2) is 4.79 Å². The van der Waals surface area contributed by atoms with E-state index in [1.165, 1.54) is 11.3 Å². The van der Waals surface area contributed by atoms with Gasteiger partial charge in [0.1, 0.15) is 5.75 Å². The van der Waals surface area contributed by atoms with E-state index in [0.717, 1.165) is 21.6 Å². The third-order valence-corrected chi connectivity index (χ3v) is 6.94. The Morgan fingerprint density at radius 2 is 2.03 bits per heavy atom. The van der Waals surface area contributed by atoms with Gasteiger partial charge >= 0.3 is 6.03 Å². The highest BCUT2D eigenvalue weighted by Gasteiger charge is 2.36. The zero-order valence-corrected chi connectivity index (χ0v) is 20.1. The van der Waals surface area contributed by atoms with E-state index in [4.69, 9.17) is 20.9 Å². The minimum atomic E-state index is -0.498. The molecule has 0 spiro atoms. The first-order valence-electron chi connectivity index (χ1n) is 10.6. The Bertz CT molecular complexity index is 1370. The van der Waals surface area contributed by atoms with E-state index in [-0.39, 0.29) is 6.03 Å². The summed E-state index contributed by atoms with van der Waals surface area (Å²) in [4.78, 5) is 20.5. The zero-order valence-electron chi connectivity index (χ0n) is 18.5. The lowest BCUT2D eigenvalue weighted by Gasteiger charge is -2.35. The summed E-state index contributed by atoms with van der Waals surface area (Å²) in [6, 6.07) is 18.2. The second-order valence-electron chi connectivity index (χ2n) is 7.74. The number of amides is 2. The number of nitrogens with one attached hydrogen (secondary N) is 1. The van der Waals surface area contributed by atoms with Gasteiger partial charge in [-0.3, -0.25) is 4.90 Å². The molecule has 0 radical (unpaired) electrons. The van der Waals surface area contributed by atoms with Gasteiger partial charge in [0.15, 0.2) is 0 Å². The average molecular weight is 493 g/mol. The average Bonchev–Trinajstić information content (AvgIpc) is 3.55. The fourth-order valence-electron chi connectivity index (χ4n) is 3.96. The molecule has 1 aliphatic rings. The smallest absolute Gasteiger partial charge is 0.322 e. The maximum Gasteiger partial charge on any atom is 0.322 e. The number of ether oxygens (including phenoxy) is 1. The number of carbonyl (C=O) groups excluding carboxylic acids is 1. The van der Waals surface area contributed by atoms with Crippen molar-refractivity contribution in [3.8, 4) is 16.5 Å². The van der Waals surface area contributed by atoms with Gasteiger partial charge in [0.2, 0.25) is 5.82 Å². The van der Waals surface area contributed by atoms with E-state index < -0.39 is 6.04 Å². The molecule has 9 heteroatoms. The van der Waals surface area contributed by atoms with E-state index in [1.807, 2.05) is 73.0 Å². The predicted molar refractivity (Wildman–Crippen MR) is 131 cm³/mol. The molecule has 3 heterocycles. The summed E-state index contributed by atoms with van der Waals surface area (Å²) in [7, 11) is 1.61. The first kappa shape index (κ1) is 22.2. The number of hydrogen-bond donors (Lipinski definition) is 1. The highest BCUT2D eigenvalue weighted by molar-refractivity contribution is 7.13. The van der Waals surface area contributed by atoms with Crippen LogP contribution in [0.4, 0.5) is 4.79 Å². The van der Waals surface area contributed by atoms with Gasteiger partial charge in [-0.2, -0.15) is 4.98 Å². The number of nitrogens with zero attached hydrogens (tertiary/aromatic N) is 3. The number of hydrogen-bond acceptors (Lipinski definition) is 6. The van der Waals surface area contributed by atoms with Crippen LogP contribution in [0.3, 0.4) is 0 Å². The second kappa shape index (κ2) is 9.32. The Kier molecular flexibility index (Phi) is 6.08. The first-order chi connectivity index (χ1) is 16.5. The van der Waals surface area contributed by atoms with Gasteiger partial charge in [-0.05, 0) is 47.7 Å². The lowest BCUT2D eigenvalue weighted by atomic mass is 9.94. The molecule has 34 heavy (non-hydrogen) atoms. The number of urea groups is 1. The van der Waals surface area contributed by atoms with Crippen LogP contribution in [0.2, 0.25) is 5.02 Å². The molecule has 0 fully saturated rings. The molecule has 5 rings (SSSR count). The van der Waals surface area contributed by atoms with Crippen LogP contribution < -0.4 is 10.1 Å². The van der Waals surface area contributed by atoms with Crippen LogP contribution >= 0.6 is 22.9 Å². The number of halogens is 1. The van der Waals surface area contributed by atoms with Crippen molar-refractivity contribution in [2.45, 2.75) is 19.5 Å². The Hall–Kier alpha value is -3.62. The molecule has 0 bridgehead atoms. The van der Waals surface area contributed by atoms with Gasteiger partial charge in [0.05, 0.1) is 30.1 Å². The van der Waals surface area contributed by atoms with Crippen LogP contribution in [0.15, 0.2) is 76.3 Å². The quantitative estimate of drug-likeness (QED) is 0.348. The van der Waals surface area contributed by atoms with Crippen molar-refractivity contribution in [1.29, 1.82) is 0 Å². The summed E-state index contributed by atoms with van der Waals surface area (Å²) in [6.45, 7) is 2.19. The molecule has 0 saturated carbocycles. The highest BCUT2D eigenvalue weighted by Crippen LogP contribution is 2.39. The zero-order chi connectivity index (χ0) is 23.7. The van der Waals surface area contributed by atoms with Crippen LogP contribution in [0, 0.1) is 0 Å². The molecule has 2 aromatic carbocycles. The third kappa shape index (κ3) is 4.18. The standard InChI is InChI=1S/C25H21ClN4O3S/c1-15-21(24-28-23(29-33-24)20-11-6-12-34-20)22(16-8-5-9-18(13-16)32-2)27-25(31)30(15)14-17-7-3-4-10-19(17)26/h3-13,22H,14H2,1-2H3,(H,27,31). The fraction of sp³-hybridized carbons (Fsp3) is 0.160. The second-order valence-corrected chi connectivity index (χ2v) is 9.09. The lowest BCUT2D eigenvalue weighted by molar-refractivity contribution is 0.203. The van der Waals surface area contributed by atoms with Crippen molar-refractivity contribution < 1.29 is 14.1 Å². The molecular formula is C25H21ClN4O3S. The highest BCUT2D eigenvalue weighted by atomic mass is 35.5. The van der Waals surface area contributed by atoms with Gasteiger partial charge in [-0.1, -0.05) is 53.2 Å². The molecule has 0 aliphatic carbocycles.